The molecule has 0 radical (unpaired) electrons. The van der Waals surface area contributed by atoms with Crippen molar-refractivity contribution < 1.29 is 27.9 Å². The first-order valence-corrected chi connectivity index (χ1v) is 11.3. The molecule has 0 aliphatic carbocycles. The Morgan fingerprint density at radius 2 is 1.80 bits per heavy atom. The van der Waals surface area contributed by atoms with E-state index in [4.69, 9.17) is 9.15 Å². The molecule has 1 atom stereocenters. The molecule has 0 bridgehead atoms. The van der Waals surface area contributed by atoms with Crippen LogP contribution in [-0.4, -0.2) is 29.3 Å². The average molecular weight is 477 g/mol. The SMILES string of the molecule is CCOC(=O)C1=C(C)N(Cc2ccc(C(=O)Nc3ccccc3F)o2)C(=O)CC1c1ccccc1. The average Bonchev–Trinajstić information content (AvgIpc) is 3.32. The van der Waals surface area contributed by atoms with Crippen molar-refractivity contribution in [3.63, 3.8) is 0 Å². The number of hydrogen-bond donors (Lipinski definition) is 1. The van der Waals surface area contributed by atoms with E-state index in [9.17, 15) is 18.8 Å². The Bertz CT molecular complexity index is 1280. The highest BCUT2D eigenvalue weighted by molar-refractivity contribution is 6.02. The fourth-order valence-corrected chi connectivity index (χ4v) is 4.13. The molecule has 0 spiro atoms. The van der Waals surface area contributed by atoms with Crippen LogP contribution in [0.2, 0.25) is 0 Å². The smallest absolute Gasteiger partial charge is 0.336 e. The summed E-state index contributed by atoms with van der Waals surface area (Å²) in [5.74, 6) is -1.93. The number of hydrogen-bond acceptors (Lipinski definition) is 5. The quantitative estimate of drug-likeness (QED) is 0.484. The van der Waals surface area contributed by atoms with Gasteiger partial charge in [0.25, 0.3) is 5.91 Å². The fourth-order valence-electron chi connectivity index (χ4n) is 4.13. The van der Waals surface area contributed by atoms with Crippen molar-refractivity contribution in [1.82, 2.24) is 4.90 Å². The minimum atomic E-state index is -0.616. The molecule has 4 rings (SSSR count). The predicted octanol–water partition coefficient (Wildman–Crippen LogP) is 5.02. The standard InChI is InChI=1S/C27H25FN2O5/c1-3-34-27(33)25-17(2)30(24(31)15-20(25)18-9-5-4-6-10-18)16-19-13-14-23(35-19)26(32)29-22-12-8-7-11-21(22)28/h4-14,20H,3,15-16H2,1-2H3,(H,29,32). The van der Waals surface area contributed by atoms with Crippen LogP contribution in [0.1, 0.15) is 48.1 Å². The second-order valence-corrected chi connectivity index (χ2v) is 8.07. The zero-order valence-electron chi connectivity index (χ0n) is 19.4. The maximum atomic E-state index is 13.8. The number of allylic oxidation sites excluding steroid dienone is 1. The minimum absolute atomic E-state index is 0.0258. The lowest BCUT2D eigenvalue weighted by Gasteiger charge is -2.34. The van der Waals surface area contributed by atoms with E-state index in [1.807, 2.05) is 30.3 Å². The highest BCUT2D eigenvalue weighted by Gasteiger charge is 2.37. The number of amides is 2. The summed E-state index contributed by atoms with van der Waals surface area (Å²) in [6.07, 6.45) is 0.0941. The number of carbonyl (C=O) groups is 3. The Hall–Kier alpha value is -4.20. The van der Waals surface area contributed by atoms with Crippen LogP contribution in [0, 0.1) is 5.82 Å². The first-order valence-electron chi connectivity index (χ1n) is 11.3. The molecule has 35 heavy (non-hydrogen) atoms. The Labute approximate surface area is 202 Å². The van der Waals surface area contributed by atoms with E-state index in [1.165, 1.54) is 29.2 Å². The number of ether oxygens (including phenoxy) is 1. The van der Waals surface area contributed by atoms with Gasteiger partial charge in [-0.3, -0.25) is 9.59 Å². The van der Waals surface area contributed by atoms with Crippen LogP contribution in [-0.2, 0) is 20.9 Å². The van der Waals surface area contributed by atoms with Gasteiger partial charge in [0.2, 0.25) is 5.91 Å². The lowest BCUT2D eigenvalue weighted by atomic mass is 9.83. The Morgan fingerprint density at radius 3 is 2.51 bits per heavy atom. The number of rotatable bonds is 7. The highest BCUT2D eigenvalue weighted by atomic mass is 19.1. The van der Waals surface area contributed by atoms with Gasteiger partial charge in [0.05, 0.1) is 24.4 Å². The molecule has 2 heterocycles. The summed E-state index contributed by atoms with van der Waals surface area (Å²) in [5, 5.41) is 2.46. The van der Waals surface area contributed by atoms with Crippen molar-refractivity contribution in [3.05, 3.63) is 101 Å². The zero-order valence-corrected chi connectivity index (χ0v) is 19.4. The molecule has 1 aromatic heterocycles. The van der Waals surface area contributed by atoms with Gasteiger partial charge < -0.3 is 19.4 Å². The van der Waals surface area contributed by atoms with Gasteiger partial charge >= 0.3 is 5.97 Å². The first-order chi connectivity index (χ1) is 16.9. The summed E-state index contributed by atoms with van der Waals surface area (Å²) in [6, 6.07) is 18.2. The van der Waals surface area contributed by atoms with Crippen molar-refractivity contribution in [3.8, 4) is 0 Å². The molecule has 3 aromatic rings. The molecule has 2 aromatic carbocycles. The van der Waals surface area contributed by atoms with Crippen LogP contribution in [0.4, 0.5) is 10.1 Å². The number of nitrogens with one attached hydrogen (secondary N) is 1. The number of nitrogens with zero attached hydrogens (tertiary/aromatic N) is 1. The molecule has 0 saturated carbocycles. The van der Waals surface area contributed by atoms with Gasteiger partial charge in [-0.2, -0.15) is 0 Å². The number of anilines is 1. The van der Waals surface area contributed by atoms with Gasteiger partial charge in [-0.15, -0.1) is 0 Å². The van der Waals surface area contributed by atoms with Crippen LogP contribution in [0.25, 0.3) is 0 Å². The third-order valence-corrected chi connectivity index (χ3v) is 5.84. The maximum absolute atomic E-state index is 13.8. The molecule has 1 N–H and O–H groups in total. The van der Waals surface area contributed by atoms with E-state index in [0.717, 1.165) is 5.56 Å². The summed E-state index contributed by atoms with van der Waals surface area (Å²) in [7, 11) is 0. The Morgan fingerprint density at radius 1 is 1.09 bits per heavy atom. The monoisotopic (exact) mass is 476 g/mol. The van der Waals surface area contributed by atoms with Gasteiger partial charge in [-0.25, -0.2) is 9.18 Å². The molecule has 2 amide bonds. The van der Waals surface area contributed by atoms with Gasteiger partial charge in [0.15, 0.2) is 5.76 Å². The largest absolute Gasteiger partial charge is 0.463 e. The normalized spacial score (nSPS) is 15.8. The van der Waals surface area contributed by atoms with Gasteiger partial charge in [-0.05, 0) is 43.7 Å². The second kappa shape index (κ2) is 10.4. The molecule has 8 heteroatoms. The first kappa shape index (κ1) is 23.9. The molecule has 0 saturated heterocycles. The van der Waals surface area contributed by atoms with Crippen molar-refractivity contribution >= 4 is 23.5 Å². The van der Waals surface area contributed by atoms with Crippen LogP contribution in [0.3, 0.4) is 0 Å². The summed E-state index contributed by atoms with van der Waals surface area (Å²) >= 11 is 0. The Balaban J connectivity index is 1.58. The maximum Gasteiger partial charge on any atom is 0.336 e. The van der Waals surface area contributed by atoms with E-state index in [2.05, 4.69) is 5.32 Å². The minimum Gasteiger partial charge on any atom is -0.463 e. The lowest BCUT2D eigenvalue weighted by molar-refractivity contribution is -0.140. The molecule has 180 valence electrons. The molecule has 0 fully saturated rings. The molecular weight excluding hydrogens is 451 g/mol. The second-order valence-electron chi connectivity index (χ2n) is 8.07. The molecule has 1 unspecified atom stereocenters. The summed E-state index contributed by atoms with van der Waals surface area (Å²) in [4.78, 5) is 39.9. The van der Waals surface area contributed by atoms with Crippen LogP contribution >= 0.6 is 0 Å². The number of halogens is 1. The lowest BCUT2D eigenvalue weighted by Crippen LogP contribution is -2.38. The number of benzene rings is 2. The molecular formula is C27H25FN2O5. The van der Waals surface area contributed by atoms with Crippen molar-refractivity contribution in [1.29, 1.82) is 0 Å². The Kier molecular flexibility index (Phi) is 7.10. The van der Waals surface area contributed by atoms with Crippen molar-refractivity contribution in [2.45, 2.75) is 32.7 Å². The zero-order chi connectivity index (χ0) is 24.9. The summed E-state index contributed by atoms with van der Waals surface area (Å²) in [6.45, 7) is 3.67. The van der Waals surface area contributed by atoms with Gasteiger partial charge in [0.1, 0.15) is 11.6 Å². The van der Waals surface area contributed by atoms with E-state index in [0.29, 0.717) is 17.0 Å². The van der Waals surface area contributed by atoms with Crippen LogP contribution < -0.4 is 5.32 Å². The summed E-state index contributed by atoms with van der Waals surface area (Å²) in [5.41, 5.74) is 1.78. The highest BCUT2D eigenvalue weighted by Crippen LogP contribution is 2.37. The number of carbonyl (C=O) groups excluding carboxylic acids is 3. The summed E-state index contributed by atoms with van der Waals surface area (Å²) < 4.78 is 24.8. The van der Waals surface area contributed by atoms with Crippen LogP contribution in [0.5, 0.6) is 0 Å². The molecule has 7 nitrogen and oxygen atoms in total. The van der Waals surface area contributed by atoms with Crippen molar-refractivity contribution in [2.24, 2.45) is 0 Å². The van der Waals surface area contributed by atoms with E-state index < -0.39 is 23.6 Å². The molecule has 1 aliphatic rings. The van der Waals surface area contributed by atoms with E-state index in [1.54, 1.807) is 26.0 Å². The third kappa shape index (κ3) is 5.16. The third-order valence-electron chi connectivity index (χ3n) is 5.84. The van der Waals surface area contributed by atoms with Gasteiger partial charge in [0, 0.05) is 18.0 Å². The predicted molar refractivity (Wildman–Crippen MR) is 127 cm³/mol. The number of furan rings is 1. The van der Waals surface area contributed by atoms with E-state index >= 15 is 0 Å². The van der Waals surface area contributed by atoms with Crippen LogP contribution in [0.15, 0.2) is 82.4 Å². The molecule has 1 aliphatic heterocycles. The van der Waals surface area contributed by atoms with Gasteiger partial charge in [-0.1, -0.05) is 42.5 Å². The number of para-hydroxylation sites is 1. The topological polar surface area (TPSA) is 88.8 Å². The number of esters is 1. The van der Waals surface area contributed by atoms with E-state index in [-0.39, 0.29) is 36.9 Å². The fraction of sp³-hybridized carbons (Fsp3) is 0.222. The van der Waals surface area contributed by atoms with Crippen molar-refractivity contribution in [2.75, 3.05) is 11.9 Å².